The molecule has 21 heavy (non-hydrogen) atoms. The second-order valence-corrected chi connectivity index (χ2v) is 5.68. The molecule has 2 aromatic rings. The maximum absolute atomic E-state index is 13.5. The fourth-order valence-corrected chi connectivity index (χ4v) is 2.52. The summed E-state index contributed by atoms with van der Waals surface area (Å²) in [4.78, 5) is 4.09. The zero-order chi connectivity index (χ0) is 15.2. The summed E-state index contributed by atoms with van der Waals surface area (Å²) < 4.78 is 20.1. The number of aromatic nitrogens is 1. The van der Waals surface area contributed by atoms with Gasteiger partial charge in [0, 0.05) is 40.1 Å². The van der Waals surface area contributed by atoms with Crippen LogP contribution in [0.25, 0.3) is 0 Å². The van der Waals surface area contributed by atoms with Crippen LogP contribution in [0.15, 0.2) is 41.1 Å². The summed E-state index contributed by atoms with van der Waals surface area (Å²) in [7, 11) is 0. The van der Waals surface area contributed by atoms with E-state index in [9.17, 15) is 4.39 Å². The van der Waals surface area contributed by atoms with Crippen molar-refractivity contribution in [3.63, 3.8) is 0 Å². The minimum absolute atomic E-state index is 0.103. The Labute approximate surface area is 132 Å². The normalized spacial score (nSPS) is 12.2. The SMILES string of the molecule is CCNC(C)c1ccc(F)cc1OCc1cncc(Br)c1. The van der Waals surface area contributed by atoms with E-state index in [1.165, 1.54) is 12.1 Å². The fourth-order valence-electron chi connectivity index (χ4n) is 2.10. The van der Waals surface area contributed by atoms with E-state index in [4.69, 9.17) is 4.74 Å². The maximum atomic E-state index is 13.5. The minimum Gasteiger partial charge on any atom is -0.488 e. The molecule has 5 heteroatoms. The Morgan fingerprint density at radius 1 is 1.33 bits per heavy atom. The summed E-state index contributed by atoms with van der Waals surface area (Å²) in [5.74, 6) is 0.258. The highest BCUT2D eigenvalue weighted by atomic mass is 79.9. The molecule has 0 fully saturated rings. The molecule has 112 valence electrons. The van der Waals surface area contributed by atoms with Gasteiger partial charge in [-0.3, -0.25) is 4.98 Å². The van der Waals surface area contributed by atoms with Crippen molar-refractivity contribution in [1.82, 2.24) is 10.3 Å². The summed E-state index contributed by atoms with van der Waals surface area (Å²) in [5, 5.41) is 3.31. The third kappa shape index (κ3) is 4.51. The summed E-state index contributed by atoms with van der Waals surface area (Å²) in [5.41, 5.74) is 1.87. The van der Waals surface area contributed by atoms with Gasteiger partial charge >= 0.3 is 0 Å². The van der Waals surface area contributed by atoms with Crippen molar-refractivity contribution in [3.8, 4) is 5.75 Å². The average molecular weight is 353 g/mol. The molecule has 1 unspecified atom stereocenters. The van der Waals surface area contributed by atoms with Gasteiger partial charge in [0.05, 0.1) is 0 Å². The number of nitrogens with one attached hydrogen (secondary N) is 1. The molecule has 0 amide bonds. The zero-order valence-electron chi connectivity index (χ0n) is 12.1. The van der Waals surface area contributed by atoms with Crippen molar-refractivity contribution in [2.24, 2.45) is 0 Å². The van der Waals surface area contributed by atoms with Crippen LogP contribution >= 0.6 is 15.9 Å². The van der Waals surface area contributed by atoms with Crippen molar-refractivity contribution in [1.29, 1.82) is 0 Å². The first-order valence-corrected chi connectivity index (χ1v) is 7.64. The molecule has 1 atom stereocenters. The van der Waals surface area contributed by atoms with E-state index in [1.54, 1.807) is 18.5 Å². The van der Waals surface area contributed by atoms with Crippen molar-refractivity contribution in [2.75, 3.05) is 6.54 Å². The van der Waals surface area contributed by atoms with Gasteiger partial charge in [-0.15, -0.1) is 0 Å². The number of pyridine rings is 1. The second kappa shape index (κ2) is 7.52. The molecule has 0 radical (unpaired) electrons. The fraction of sp³-hybridized carbons (Fsp3) is 0.312. The van der Waals surface area contributed by atoms with Gasteiger partial charge in [0.1, 0.15) is 18.2 Å². The van der Waals surface area contributed by atoms with Crippen LogP contribution in [-0.4, -0.2) is 11.5 Å². The Balaban J connectivity index is 2.16. The van der Waals surface area contributed by atoms with Crippen molar-refractivity contribution in [2.45, 2.75) is 26.5 Å². The molecule has 2 rings (SSSR count). The predicted molar refractivity (Wildman–Crippen MR) is 84.8 cm³/mol. The Kier molecular flexibility index (Phi) is 5.70. The summed E-state index contributed by atoms with van der Waals surface area (Å²) in [6.45, 7) is 5.26. The standard InChI is InChI=1S/C16H18BrFN2O/c1-3-20-11(2)15-5-4-14(18)7-16(15)21-10-12-6-13(17)9-19-8-12/h4-9,11,20H,3,10H2,1-2H3. The van der Waals surface area contributed by atoms with Crippen LogP contribution in [0, 0.1) is 5.82 Å². The molecule has 0 saturated carbocycles. The molecule has 1 aromatic heterocycles. The summed E-state index contributed by atoms with van der Waals surface area (Å²) in [6, 6.07) is 6.67. The van der Waals surface area contributed by atoms with E-state index in [0.29, 0.717) is 12.4 Å². The van der Waals surface area contributed by atoms with Gasteiger partial charge in [-0.05, 0) is 41.5 Å². The third-order valence-electron chi connectivity index (χ3n) is 3.11. The van der Waals surface area contributed by atoms with E-state index >= 15 is 0 Å². The predicted octanol–water partition coefficient (Wildman–Crippen LogP) is 4.23. The number of nitrogens with zero attached hydrogens (tertiary/aromatic N) is 1. The number of benzene rings is 1. The van der Waals surface area contributed by atoms with Gasteiger partial charge in [-0.25, -0.2) is 4.39 Å². The topological polar surface area (TPSA) is 34.1 Å². The second-order valence-electron chi connectivity index (χ2n) is 4.76. The van der Waals surface area contributed by atoms with Crippen LogP contribution < -0.4 is 10.1 Å². The van der Waals surface area contributed by atoms with E-state index in [0.717, 1.165) is 22.1 Å². The molecule has 1 heterocycles. The Morgan fingerprint density at radius 2 is 2.14 bits per heavy atom. The van der Waals surface area contributed by atoms with Crippen LogP contribution in [0.4, 0.5) is 4.39 Å². The van der Waals surface area contributed by atoms with Crippen molar-refractivity contribution >= 4 is 15.9 Å². The molecule has 3 nitrogen and oxygen atoms in total. The van der Waals surface area contributed by atoms with E-state index in [-0.39, 0.29) is 11.9 Å². The first-order valence-electron chi connectivity index (χ1n) is 6.85. The van der Waals surface area contributed by atoms with Crippen molar-refractivity contribution in [3.05, 3.63) is 58.1 Å². The molecule has 0 spiro atoms. The number of hydrogen-bond acceptors (Lipinski definition) is 3. The molecular formula is C16H18BrFN2O. The van der Waals surface area contributed by atoms with Gasteiger partial charge < -0.3 is 10.1 Å². The van der Waals surface area contributed by atoms with Gasteiger partial charge in [-0.1, -0.05) is 13.0 Å². The molecule has 0 aliphatic rings. The number of halogens is 2. The largest absolute Gasteiger partial charge is 0.488 e. The highest BCUT2D eigenvalue weighted by molar-refractivity contribution is 9.10. The van der Waals surface area contributed by atoms with E-state index < -0.39 is 0 Å². The molecule has 1 aromatic carbocycles. The van der Waals surface area contributed by atoms with Gasteiger partial charge in [0.2, 0.25) is 0 Å². The summed E-state index contributed by atoms with van der Waals surface area (Å²) >= 11 is 3.37. The highest BCUT2D eigenvalue weighted by Gasteiger charge is 2.12. The number of ether oxygens (including phenoxy) is 1. The highest BCUT2D eigenvalue weighted by Crippen LogP contribution is 2.27. The van der Waals surface area contributed by atoms with Crippen molar-refractivity contribution < 1.29 is 9.13 Å². The van der Waals surface area contributed by atoms with Gasteiger partial charge in [0.15, 0.2) is 0 Å². The summed E-state index contributed by atoms with van der Waals surface area (Å²) in [6.07, 6.45) is 3.45. The third-order valence-corrected chi connectivity index (χ3v) is 3.54. The van der Waals surface area contributed by atoms with Crippen LogP contribution in [-0.2, 0) is 6.61 Å². The average Bonchev–Trinajstić information content (AvgIpc) is 2.45. The Bertz CT molecular complexity index is 607. The molecule has 0 bridgehead atoms. The zero-order valence-corrected chi connectivity index (χ0v) is 13.7. The first kappa shape index (κ1) is 15.9. The van der Waals surface area contributed by atoms with E-state index in [1.807, 2.05) is 19.9 Å². The first-order chi connectivity index (χ1) is 10.1. The maximum Gasteiger partial charge on any atom is 0.127 e. The lowest BCUT2D eigenvalue weighted by Gasteiger charge is -2.18. The monoisotopic (exact) mass is 352 g/mol. The molecule has 1 N–H and O–H groups in total. The lowest BCUT2D eigenvalue weighted by atomic mass is 10.1. The van der Waals surface area contributed by atoms with Crippen LogP contribution in [0.2, 0.25) is 0 Å². The number of rotatable bonds is 6. The molecular weight excluding hydrogens is 335 g/mol. The lowest BCUT2D eigenvalue weighted by molar-refractivity contribution is 0.297. The Hall–Kier alpha value is -1.46. The quantitative estimate of drug-likeness (QED) is 0.844. The minimum atomic E-state index is -0.301. The molecule has 0 aliphatic carbocycles. The van der Waals surface area contributed by atoms with Gasteiger partial charge in [-0.2, -0.15) is 0 Å². The smallest absolute Gasteiger partial charge is 0.127 e. The number of hydrogen-bond donors (Lipinski definition) is 1. The molecule has 0 aliphatic heterocycles. The van der Waals surface area contributed by atoms with E-state index in [2.05, 4.69) is 26.2 Å². The molecule has 0 saturated heterocycles. The van der Waals surface area contributed by atoms with Gasteiger partial charge in [0.25, 0.3) is 0 Å². The lowest BCUT2D eigenvalue weighted by Crippen LogP contribution is -2.18. The van der Waals surface area contributed by atoms with Crippen LogP contribution in [0.5, 0.6) is 5.75 Å². The van der Waals surface area contributed by atoms with Crippen LogP contribution in [0.1, 0.15) is 31.0 Å². The Morgan fingerprint density at radius 3 is 2.86 bits per heavy atom. The van der Waals surface area contributed by atoms with Crippen LogP contribution in [0.3, 0.4) is 0 Å².